The number of benzene rings is 2. The smallest absolute Gasteiger partial charge is 0.261 e. The number of aromatic nitrogens is 2. The van der Waals surface area contributed by atoms with Gasteiger partial charge in [-0.3, -0.25) is 9.69 Å². The lowest BCUT2D eigenvalue weighted by Gasteiger charge is -2.17. The molecule has 150 valence electrons. The van der Waals surface area contributed by atoms with Crippen LogP contribution < -0.4 is 9.64 Å². The highest BCUT2D eigenvalue weighted by Crippen LogP contribution is 2.34. The van der Waals surface area contributed by atoms with Crippen LogP contribution in [-0.4, -0.2) is 29.3 Å². The van der Waals surface area contributed by atoms with E-state index in [1.54, 1.807) is 35.2 Å². The third kappa shape index (κ3) is 4.49. The van der Waals surface area contributed by atoms with Crippen LogP contribution in [0.1, 0.15) is 28.4 Å². The van der Waals surface area contributed by atoms with E-state index in [4.69, 9.17) is 16.3 Å². The Morgan fingerprint density at radius 1 is 1.24 bits per heavy atom. The molecule has 0 bridgehead atoms. The molecular weight excluding hydrogens is 406 g/mol. The summed E-state index contributed by atoms with van der Waals surface area (Å²) in [7, 11) is 0. The van der Waals surface area contributed by atoms with Gasteiger partial charge in [0.25, 0.3) is 5.91 Å². The summed E-state index contributed by atoms with van der Waals surface area (Å²) in [6.45, 7) is 10.5. The second-order valence-corrected chi connectivity index (χ2v) is 7.82. The molecule has 5 nitrogen and oxygen atoms in total. The number of carbonyl (C=O) groups is 1. The molecule has 1 amide bonds. The first kappa shape index (κ1) is 21.0. The first-order valence-corrected chi connectivity index (χ1v) is 10.4. The number of nitrogens with zero attached hydrogens (tertiary/aromatic N) is 3. The Hall–Kier alpha value is -2.70. The van der Waals surface area contributed by atoms with Crippen molar-refractivity contribution in [1.29, 1.82) is 0 Å². The first-order valence-electron chi connectivity index (χ1n) is 9.21. The minimum atomic E-state index is -0.193. The maximum atomic E-state index is 13.0. The van der Waals surface area contributed by atoms with Gasteiger partial charge in [0.05, 0.1) is 10.6 Å². The van der Waals surface area contributed by atoms with Gasteiger partial charge in [-0.1, -0.05) is 47.7 Å². The molecule has 0 spiro atoms. The number of hydrogen-bond donors (Lipinski definition) is 0. The van der Waals surface area contributed by atoms with Crippen molar-refractivity contribution < 1.29 is 9.53 Å². The number of carbonyl (C=O) groups excluding carboxylic acids is 1. The predicted octanol–water partition coefficient (Wildman–Crippen LogP) is 5.71. The zero-order chi connectivity index (χ0) is 21.0. The molecule has 7 heteroatoms. The molecule has 3 rings (SSSR count). The van der Waals surface area contributed by atoms with E-state index in [2.05, 4.69) is 16.8 Å². The second kappa shape index (κ2) is 9.20. The van der Waals surface area contributed by atoms with E-state index in [0.29, 0.717) is 28.9 Å². The van der Waals surface area contributed by atoms with Gasteiger partial charge in [0.15, 0.2) is 0 Å². The summed E-state index contributed by atoms with van der Waals surface area (Å²) in [5, 5.41) is 10.3. The number of ether oxygens (including phenoxy) is 1. The number of rotatable bonds is 7. The third-order valence-corrected chi connectivity index (χ3v) is 5.69. The van der Waals surface area contributed by atoms with E-state index >= 15 is 0 Å². The first-order chi connectivity index (χ1) is 14.0. The normalized spacial score (nSPS) is 10.6. The summed E-state index contributed by atoms with van der Waals surface area (Å²) in [5.41, 5.74) is 3.41. The van der Waals surface area contributed by atoms with Crippen molar-refractivity contribution >= 4 is 34.0 Å². The van der Waals surface area contributed by atoms with Gasteiger partial charge in [0, 0.05) is 12.1 Å². The van der Waals surface area contributed by atoms with Crippen LogP contribution in [0.5, 0.6) is 5.75 Å². The van der Waals surface area contributed by atoms with Crippen LogP contribution in [0, 0.1) is 13.8 Å². The average molecular weight is 428 g/mol. The third-order valence-electron chi connectivity index (χ3n) is 4.36. The van der Waals surface area contributed by atoms with Gasteiger partial charge in [0.1, 0.15) is 17.4 Å². The highest BCUT2D eigenvalue weighted by atomic mass is 35.5. The Labute approximate surface area is 179 Å². The van der Waals surface area contributed by atoms with Gasteiger partial charge in [0.2, 0.25) is 5.13 Å². The Morgan fingerprint density at radius 2 is 1.93 bits per heavy atom. The standard InChI is InChI=1S/C22H22ClN3O2S/c1-5-11-28-19-14(3)12-16(13-15(19)4)20-24-25-22(29-20)26(6-2)21(27)17-9-7-8-10-18(17)23/h5,7-10,12-13H,1,6,11H2,2-4H3. The Balaban J connectivity index is 1.91. The molecule has 2 aromatic carbocycles. The molecule has 3 aromatic rings. The van der Waals surface area contributed by atoms with Gasteiger partial charge in [-0.25, -0.2) is 0 Å². The van der Waals surface area contributed by atoms with Crippen molar-refractivity contribution in [1.82, 2.24) is 10.2 Å². The lowest BCUT2D eigenvalue weighted by Crippen LogP contribution is -2.30. The number of aryl methyl sites for hydroxylation is 2. The van der Waals surface area contributed by atoms with Crippen molar-refractivity contribution in [2.75, 3.05) is 18.1 Å². The monoisotopic (exact) mass is 427 g/mol. The molecule has 0 radical (unpaired) electrons. The summed E-state index contributed by atoms with van der Waals surface area (Å²) in [4.78, 5) is 14.5. The zero-order valence-corrected chi connectivity index (χ0v) is 18.2. The van der Waals surface area contributed by atoms with E-state index < -0.39 is 0 Å². The van der Waals surface area contributed by atoms with Crippen molar-refractivity contribution in [3.8, 4) is 16.3 Å². The van der Waals surface area contributed by atoms with E-state index in [9.17, 15) is 4.79 Å². The average Bonchev–Trinajstić information content (AvgIpc) is 3.18. The predicted molar refractivity (Wildman–Crippen MR) is 119 cm³/mol. The second-order valence-electron chi connectivity index (χ2n) is 6.46. The molecule has 0 N–H and O–H groups in total. The maximum Gasteiger partial charge on any atom is 0.261 e. The SMILES string of the molecule is C=CCOc1c(C)cc(-c2nnc(N(CC)C(=O)c3ccccc3Cl)s2)cc1C. The van der Waals surface area contributed by atoms with Crippen LogP contribution in [0.15, 0.2) is 49.1 Å². The largest absolute Gasteiger partial charge is 0.489 e. The van der Waals surface area contributed by atoms with Crippen LogP contribution in [0.25, 0.3) is 10.6 Å². The minimum absolute atomic E-state index is 0.193. The van der Waals surface area contributed by atoms with Gasteiger partial charge < -0.3 is 4.74 Å². The molecule has 1 heterocycles. The van der Waals surface area contributed by atoms with Crippen LogP contribution >= 0.6 is 22.9 Å². The molecule has 0 aliphatic heterocycles. The fraction of sp³-hybridized carbons (Fsp3) is 0.227. The van der Waals surface area contributed by atoms with E-state index in [-0.39, 0.29) is 5.91 Å². The van der Waals surface area contributed by atoms with Crippen molar-refractivity contribution in [3.63, 3.8) is 0 Å². The molecule has 0 atom stereocenters. The summed E-state index contributed by atoms with van der Waals surface area (Å²) in [6.07, 6.45) is 1.72. The fourth-order valence-electron chi connectivity index (χ4n) is 3.03. The molecule has 0 unspecified atom stereocenters. The summed E-state index contributed by atoms with van der Waals surface area (Å²) < 4.78 is 5.74. The van der Waals surface area contributed by atoms with Gasteiger partial charge in [-0.05, 0) is 56.2 Å². The number of hydrogen-bond acceptors (Lipinski definition) is 5. The zero-order valence-electron chi connectivity index (χ0n) is 16.6. The van der Waals surface area contributed by atoms with Crippen molar-refractivity contribution in [3.05, 3.63) is 70.8 Å². The van der Waals surface area contributed by atoms with Crippen LogP contribution in [0.4, 0.5) is 5.13 Å². The summed E-state index contributed by atoms with van der Waals surface area (Å²) in [5.74, 6) is 0.656. The topological polar surface area (TPSA) is 55.3 Å². The van der Waals surface area contributed by atoms with Gasteiger partial charge >= 0.3 is 0 Å². The Kier molecular flexibility index (Phi) is 6.67. The highest BCUT2D eigenvalue weighted by Gasteiger charge is 2.22. The van der Waals surface area contributed by atoms with Crippen LogP contribution in [-0.2, 0) is 0 Å². The lowest BCUT2D eigenvalue weighted by molar-refractivity contribution is 0.0988. The number of halogens is 1. The summed E-state index contributed by atoms with van der Waals surface area (Å²) in [6, 6.07) is 11.0. The molecule has 0 aliphatic carbocycles. The summed E-state index contributed by atoms with van der Waals surface area (Å²) >= 11 is 7.57. The van der Waals surface area contributed by atoms with Gasteiger partial charge in [-0.15, -0.1) is 10.2 Å². The van der Waals surface area contributed by atoms with Crippen LogP contribution in [0.2, 0.25) is 5.02 Å². The molecular formula is C22H22ClN3O2S. The molecule has 29 heavy (non-hydrogen) atoms. The van der Waals surface area contributed by atoms with E-state index in [1.165, 1.54) is 11.3 Å². The number of amides is 1. The van der Waals surface area contributed by atoms with E-state index in [1.807, 2.05) is 32.9 Å². The van der Waals surface area contributed by atoms with Crippen LogP contribution in [0.3, 0.4) is 0 Å². The van der Waals surface area contributed by atoms with Crippen molar-refractivity contribution in [2.45, 2.75) is 20.8 Å². The quantitative estimate of drug-likeness (QED) is 0.453. The van der Waals surface area contributed by atoms with E-state index in [0.717, 1.165) is 27.4 Å². The van der Waals surface area contributed by atoms with Crippen molar-refractivity contribution in [2.24, 2.45) is 0 Å². The fourth-order valence-corrected chi connectivity index (χ4v) is 4.14. The number of anilines is 1. The molecule has 1 aromatic heterocycles. The lowest BCUT2D eigenvalue weighted by atomic mass is 10.1. The maximum absolute atomic E-state index is 13.0. The highest BCUT2D eigenvalue weighted by molar-refractivity contribution is 7.18. The molecule has 0 fully saturated rings. The minimum Gasteiger partial charge on any atom is -0.489 e. The molecule has 0 aliphatic rings. The Bertz CT molecular complexity index is 1030. The Morgan fingerprint density at radius 3 is 2.55 bits per heavy atom. The molecule has 0 saturated carbocycles. The van der Waals surface area contributed by atoms with Gasteiger partial charge in [-0.2, -0.15) is 0 Å². The molecule has 0 saturated heterocycles.